The third kappa shape index (κ3) is 1.17. The largest absolute Gasteiger partial charge is 0.310 e. The van der Waals surface area contributed by atoms with E-state index in [2.05, 4.69) is 26.9 Å². The standard InChI is InChI=1S/C9H11N5/c1-2-8(10-5-1)7-3-4-9-11-12-13-14(9)6-7/h3-4,6,8,10H,1-2,5H2. The zero-order valence-corrected chi connectivity index (χ0v) is 7.72. The van der Waals surface area contributed by atoms with Crippen LogP contribution >= 0.6 is 0 Å². The van der Waals surface area contributed by atoms with Crippen molar-refractivity contribution in [3.63, 3.8) is 0 Å². The lowest BCUT2D eigenvalue weighted by atomic mass is 10.1. The molecule has 0 bridgehead atoms. The zero-order chi connectivity index (χ0) is 9.38. The quantitative estimate of drug-likeness (QED) is 0.711. The summed E-state index contributed by atoms with van der Waals surface area (Å²) < 4.78 is 1.72. The van der Waals surface area contributed by atoms with Crippen LogP contribution in [0.2, 0.25) is 0 Å². The molecular weight excluding hydrogens is 178 g/mol. The van der Waals surface area contributed by atoms with Crippen molar-refractivity contribution in [3.8, 4) is 0 Å². The Bertz CT molecular complexity index is 443. The molecule has 0 aliphatic carbocycles. The van der Waals surface area contributed by atoms with Gasteiger partial charge < -0.3 is 5.32 Å². The topological polar surface area (TPSA) is 55.1 Å². The molecule has 2 aromatic heterocycles. The monoisotopic (exact) mass is 189 g/mol. The number of aromatic nitrogens is 4. The molecule has 3 heterocycles. The van der Waals surface area contributed by atoms with Gasteiger partial charge in [-0.05, 0) is 41.4 Å². The predicted molar refractivity (Wildman–Crippen MR) is 50.8 cm³/mol. The Balaban J connectivity index is 2.04. The van der Waals surface area contributed by atoms with Gasteiger partial charge in [-0.3, -0.25) is 0 Å². The van der Waals surface area contributed by atoms with E-state index in [0.717, 1.165) is 12.2 Å². The predicted octanol–water partition coefficient (Wildman–Crippen LogP) is 0.549. The molecule has 14 heavy (non-hydrogen) atoms. The van der Waals surface area contributed by atoms with Gasteiger partial charge in [-0.25, -0.2) is 4.52 Å². The average Bonchev–Trinajstić information content (AvgIpc) is 2.88. The Kier molecular flexibility index (Phi) is 1.70. The van der Waals surface area contributed by atoms with Gasteiger partial charge >= 0.3 is 0 Å². The minimum Gasteiger partial charge on any atom is -0.310 e. The van der Waals surface area contributed by atoms with Crippen LogP contribution in [0.5, 0.6) is 0 Å². The van der Waals surface area contributed by atoms with Gasteiger partial charge in [0, 0.05) is 12.2 Å². The maximum Gasteiger partial charge on any atom is 0.179 e. The molecule has 5 heteroatoms. The molecule has 0 spiro atoms. The van der Waals surface area contributed by atoms with Crippen molar-refractivity contribution in [2.24, 2.45) is 0 Å². The van der Waals surface area contributed by atoms with Gasteiger partial charge in [0.1, 0.15) is 0 Å². The second-order valence-corrected chi connectivity index (χ2v) is 3.59. The summed E-state index contributed by atoms with van der Waals surface area (Å²) in [5.41, 5.74) is 2.06. The van der Waals surface area contributed by atoms with Crippen LogP contribution in [0.4, 0.5) is 0 Å². The Morgan fingerprint density at radius 2 is 2.43 bits per heavy atom. The molecule has 1 saturated heterocycles. The molecule has 1 aliphatic rings. The van der Waals surface area contributed by atoms with E-state index in [1.807, 2.05) is 12.3 Å². The SMILES string of the molecule is c1cc2nnnn2cc1C1CCCN1. The first-order valence-corrected chi connectivity index (χ1v) is 4.84. The average molecular weight is 189 g/mol. The number of hydrogen-bond donors (Lipinski definition) is 1. The number of nitrogens with zero attached hydrogens (tertiary/aromatic N) is 4. The highest BCUT2D eigenvalue weighted by molar-refractivity contribution is 5.37. The number of hydrogen-bond acceptors (Lipinski definition) is 4. The Hall–Kier alpha value is -1.49. The van der Waals surface area contributed by atoms with Crippen molar-refractivity contribution in [3.05, 3.63) is 23.9 Å². The van der Waals surface area contributed by atoms with Crippen LogP contribution in [0.15, 0.2) is 18.3 Å². The minimum absolute atomic E-state index is 0.476. The van der Waals surface area contributed by atoms with Gasteiger partial charge in [-0.2, -0.15) is 0 Å². The van der Waals surface area contributed by atoms with Gasteiger partial charge in [0.15, 0.2) is 5.65 Å². The normalized spacial score (nSPS) is 21.9. The van der Waals surface area contributed by atoms with E-state index < -0.39 is 0 Å². The molecule has 0 saturated carbocycles. The fourth-order valence-corrected chi connectivity index (χ4v) is 1.93. The van der Waals surface area contributed by atoms with E-state index in [1.165, 1.54) is 18.4 Å². The molecule has 72 valence electrons. The summed E-state index contributed by atoms with van der Waals surface area (Å²) in [5, 5.41) is 14.8. The molecule has 1 N–H and O–H groups in total. The third-order valence-corrected chi connectivity index (χ3v) is 2.68. The highest BCUT2D eigenvalue weighted by atomic mass is 15.5. The van der Waals surface area contributed by atoms with Gasteiger partial charge in [-0.1, -0.05) is 6.07 Å². The van der Waals surface area contributed by atoms with Crippen molar-refractivity contribution in [2.75, 3.05) is 6.54 Å². The third-order valence-electron chi connectivity index (χ3n) is 2.68. The summed E-state index contributed by atoms with van der Waals surface area (Å²) in [7, 11) is 0. The molecule has 0 aromatic carbocycles. The van der Waals surface area contributed by atoms with Crippen molar-refractivity contribution < 1.29 is 0 Å². The molecule has 3 rings (SSSR count). The summed E-state index contributed by atoms with van der Waals surface area (Å²) >= 11 is 0. The van der Waals surface area contributed by atoms with Gasteiger partial charge in [0.25, 0.3) is 0 Å². The first-order chi connectivity index (χ1) is 6.93. The lowest BCUT2D eigenvalue weighted by Crippen LogP contribution is -2.13. The Morgan fingerprint density at radius 1 is 1.43 bits per heavy atom. The Morgan fingerprint density at radius 3 is 3.29 bits per heavy atom. The van der Waals surface area contributed by atoms with E-state index in [9.17, 15) is 0 Å². The molecule has 1 atom stereocenters. The molecule has 1 fully saturated rings. The number of pyridine rings is 1. The molecule has 2 aromatic rings. The molecule has 1 aliphatic heterocycles. The van der Waals surface area contributed by atoms with Gasteiger partial charge in [0.2, 0.25) is 0 Å². The van der Waals surface area contributed by atoms with Crippen LogP contribution in [0.1, 0.15) is 24.4 Å². The first-order valence-electron chi connectivity index (χ1n) is 4.84. The molecule has 1 unspecified atom stereocenters. The lowest BCUT2D eigenvalue weighted by Gasteiger charge is -2.09. The summed E-state index contributed by atoms with van der Waals surface area (Å²) in [5.74, 6) is 0. The van der Waals surface area contributed by atoms with Crippen molar-refractivity contribution >= 4 is 5.65 Å². The highest BCUT2D eigenvalue weighted by Gasteiger charge is 2.16. The van der Waals surface area contributed by atoms with E-state index in [0.29, 0.717) is 6.04 Å². The molecule has 5 nitrogen and oxygen atoms in total. The van der Waals surface area contributed by atoms with Crippen molar-refractivity contribution in [1.82, 2.24) is 25.4 Å². The maximum atomic E-state index is 3.88. The van der Waals surface area contributed by atoms with Gasteiger partial charge in [-0.15, -0.1) is 5.10 Å². The van der Waals surface area contributed by atoms with Crippen LogP contribution in [0.25, 0.3) is 5.65 Å². The number of nitrogens with one attached hydrogen (secondary N) is 1. The number of tetrazole rings is 1. The summed E-state index contributed by atoms with van der Waals surface area (Å²) in [6, 6.07) is 4.52. The molecule has 0 amide bonds. The van der Waals surface area contributed by atoms with Crippen molar-refractivity contribution in [2.45, 2.75) is 18.9 Å². The summed E-state index contributed by atoms with van der Waals surface area (Å²) in [6.45, 7) is 1.11. The number of fused-ring (bicyclic) bond motifs is 1. The fourth-order valence-electron chi connectivity index (χ4n) is 1.93. The summed E-state index contributed by atoms with van der Waals surface area (Å²) in [4.78, 5) is 0. The van der Waals surface area contributed by atoms with E-state index >= 15 is 0 Å². The second kappa shape index (κ2) is 3.02. The second-order valence-electron chi connectivity index (χ2n) is 3.59. The smallest absolute Gasteiger partial charge is 0.179 e. The van der Waals surface area contributed by atoms with Crippen LogP contribution < -0.4 is 5.32 Å². The van der Waals surface area contributed by atoms with E-state index in [1.54, 1.807) is 4.52 Å². The highest BCUT2D eigenvalue weighted by Crippen LogP contribution is 2.22. The van der Waals surface area contributed by atoms with Crippen LogP contribution in [0, 0.1) is 0 Å². The van der Waals surface area contributed by atoms with Crippen LogP contribution in [0.3, 0.4) is 0 Å². The lowest BCUT2D eigenvalue weighted by molar-refractivity contribution is 0.640. The fraction of sp³-hybridized carbons (Fsp3) is 0.444. The van der Waals surface area contributed by atoms with Gasteiger partial charge in [0.05, 0.1) is 0 Å². The maximum absolute atomic E-state index is 3.88. The molecule has 0 radical (unpaired) electrons. The number of rotatable bonds is 1. The van der Waals surface area contributed by atoms with Crippen molar-refractivity contribution in [1.29, 1.82) is 0 Å². The van der Waals surface area contributed by atoms with E-state index in [4.69, 9.17) is 0 Å². The first kappa shape index (κ1) is 7.87. The van der Waals surface area contributed by atoms with E-state index in [-0.39, 0.29) is 0 Å². The van der Waals surface area contributed by atoms with Crippen LogP contribution in [-0.4, -0.2) is 26.6 Å². The Labute approximate surface area is 81.1 Å². The van der Waals surface area contributed by atoms with Crippen LogP contribution in [-0.2, 0) is 0 Å². The minimum atomic E-state index is 0.476. The summed E-state index contributed by atoms with van der Waals surface area (Å²) in [6.07, 6.45) is 4.45. The zero-order valence-electron chi connectivity index (χ0n) is 7.72. The molecular formula is C9H11N5.